The third-order valence-corrected chi connectivity index (χ3v) is 4.11. The van der Waals surface area contributed by atoms with Gasteiger partial charge in [0.1, 0.15) is 0 Å². The molecule has 0 atom stereocenters. The summed E-state index contributed by atoms with van der Waals surface area (Å²) in [5, 5.41) is 13.5. The highest BCUT2D eigenvalue weighted by atomic mass is 16.5. The fraction of sp³-hybridized carbons (Fsp3) is 0.450. The Hall–Kier alpha value is -1.87. The molecule has 1 heterocycles. The molecule has 0 radical (unpaired) electrons. The van der Waals surface area contributed by atoms with Crippen molar-refractivity contribution >= 4 is 12.2 Å². The molecule has 3 nitrogen and oxygen atoms in total. The van der Waals surface area contributed by atoms with E-state index in [-0.39, 0.29) is 17.4 Å². The maximum atomic E-state index is 9.63. The number of aliphatic hydroxyl groups is 1. The van der Waals surface area contributed by atoms with Crippen LogP contribution < -0.4 is 0 Å². The van der Waals surface area contributed by atoms with Crippen LogP contribution >= 0.6 is 0 Å². The summed E-state index contributed by atoms with van der Waals surface area (Å²) in [5.41, 5.74) is 4.20. The monoisotopic (exact) mass is 313 g/mol. The number of hydrogen-bond donors (Lipinski definition) is 1. The van der Waals surface area contributed by atoms with Gasteiger partial charge >= 0.3 is 0 Å². The molecule has 0 aliphatic carbocycles. The van der Waals surface area contributed by atoms with Gasteiger partial charge in [-0.3, -0.25) is 0 Å². The summed E-state index contributed by atoms with van der Waals surface area (Å²) in [6.45, 7) is 12.8. The van der Waals surface area contributed by atoms with Gasteiger partial charge in [0.05, 0.1) is 12.3 Å². The van der Waals surface area contributed by atoms with E-state index in [4.69, 9.17) is 4.52 Å². The van der Waals surface area contributed by atoms with E-state index in [1.165, 1.54) is 5.56 Å². The topological polar surface area (TPSA) is 46.3 Å². The van der Waals surface area contributed by atoms with Crippen LogP contribution in [-0.2, 0) is 10.8 Å². The Balaban J connectivity index is 2.45. The van der Waals surface area contributed by atoms with E-state index in [9.17, 15) is 5.11 Å². The molecule has 0 amide bonds. The molecule has 3 heteroatoms. The van der Waals surface area contributed by atoms with Crippen molar-refractivity contribution < 1.29 is 9.63 Å². The summed E-state index contributed by atoms with van der Waals surface area (Å²) in [6, 6.07) is 8.34. The number of aryl methyl sites for hydroxylation is 1. The van der Waals surface area contributed by atoms with E-state index in [1.807, 2.05) is 19.1 Å². The number of aromatic nitrogens is 1. The molecule has 124 valence electrons. The first-order valence-electron chi connectivity index (χ1n) is 8.01. The van der Waals surface area contributed by atoms with Gasteiger partial charge in [-0.1, -0.05) is 64.1 Å². The lowest BCUT2D eigenvalue weighted by Crippen LogP contribution is -2.23. The van der Waals surface area contributed by atoms with E-state index < -0.39 is 0 Å². The maximum absolute atomic E-state index is 9.63. The first-order chi connectivity index (χ1) is 10.6. The molecule has 1 aromatic heterocycles. The van der Waals surface area contributed by atoms with Gasteiger partial charge in [-0.25, -0.2) is 0 Å². The van der Waals surface area contributed by atoms with Crippen LogP contribution in [0.4, 0.5) is 0 Å². The van der Waals surface area contributed by atoms with E-state index in [0.717, 1.165) is 22.6 Å². The van der Waals surface area contributed by atoms with Gasteiger partial charge in [-0.15, -0.1) is 0 Å². The van der Waals surface area contributed by atoms with Crippen molar-refractivity contribution in [1.82, 2.24) is 5.16 Å². The van der Waals surface area contributed by atoms with E-state index >= 15 is 0 Å². The van der Waals surface area contributed by atoms with Crippen LogP contribution in [0.2, 0.25) is 0 Å². The molecule has 0 unspecified atom stereocenters. The Bertz CT molecular complexity index is 703. The van der Waals surface area contributed by atoms with Crippen LogP contribution in [0.1, 0.15) is 62.8 Å². The van der Waals surface area contributed by atoms with Gasteiger partial charge in [-0.2, -0.15) is 0 Å². The normalized spacial score (nSPS) is 13.0. The molecule has 0 fully saturated rings. The number of hydrogen-bond acceptors (Lipinski definition) is 3. The lowest BCUT2D eigenvalue weighted by molar-refractivity contribution is 0.218. The van der Waals surface area contributed by atoms with Crippen molar-refractivity contribution in [3.63, 3.8) is 0 Å². The third-order valence-electron chi connectivity index (χ3n) is 4.11. The lowest BCUT2D eigenvalue weighted by atomic mass is 9.78. The fourth-order valence-electron chi connectivity index (χ4n) is 2.50. The van der Waals surface area contributed by atoms with Crippen LogP contribution in [-0.4, -0.2) is 16.9 Å². The summed E-state index contributed by atoms with van der Waals surface area (Å²) in [4.78, 5) is 0. The number of nitrogens with zero attached hydrogens (tertiary/aromatic N) is 1. The Labute approximate surface area is 139 Å². The van der Waals surface area contributed by atoms with Crippen LogP contribution in [0.5, 0.6) is 0 Å². The summed E-state index contributed by atoms with van der Waals surface area (Å²) in [6.07, 6.45) is 4.01. The van der Waals surface area contributed by atoms with Gasteiger partial charge in [0.2, 0.25) is 0 Å². The predicted octanol–water partition coefficient (Wildman–Crippen LogP) is 4.72. The molecule has 0 bridgehead atoms. The molecular weight excluding hydrogens is 286 g/mol. The first kappa shape index (κ1) is 17.5. The minimum absolute atomic E-state index is 0.0125. The van der Waals surface area contributed by atoms with Crippen molar-refractivity contribution in [2.45, 2.75) is 52.4 Å². The maximum Gasteiger partial charge on any atom is 0.159 e. The smallest absolute Gasteiger partial charge is 0.159 e. The minimum Gasteiger partial charge on any atom is -0.395 e. The molecule has 1 N–H and O–H groups in total. The fourth-order valence-corrected chi connectivity index (χ4v) is 2.50. The van der Waals surface area contributed by atoms with Crippen LogP contribution in [0.15, 0.2) is 28.8 Å². The standard InChI is InChI=1S/C20H27NO2/c1-14-11-17(23-21-14)10-8-15-7-9-16(20(5,6)13-22)12-18(15)19(2,3)4/h7-12,22H,13H2,1-6H3/b10-8+. The molecular formula is C20H27NO2. The molecule has 1 aromatic carbocycles. The van der Waals surface area contributed by atoms with Crippen LogP contribution in [0.25, 0.3) is 12.2 Å². The molecule has 2 rings (SSSR count). The Kier molecular flexibility index (Phi) is 4.81. The minimum atomic E-state index is -0.246. The van der Waals surface area contributed by atoms with Gasteiger partial charge in [0.25, 0.3) is 0 Å². The second-order valence-electron chi connectivity index (χ2n) is 7.80. The molecule has 2 aromatic rings. The zero-order chi connectivity index (χ0) is 17.3. The van der Waals surface area contributed by atoms with Crippen molar-refractivity contribution in [2.75, 3.05) is 6.61 Å². The zero-order valence-electron chi connectivity index (χ0n) is 15.0. The van der Waals surface area contributed by atoms with Gasteiger partial charge in [0.15, 0.2) is 5.76 Å². The molecule has 0 aliphatic rings. The Morgan fingerprint density at radius 3 is 2.30 bits per heavy atom. The third kappa shape index (κ3) is 4.11. The number of rotatable bonds is 4. The van der Waals surface area contributed by atoms with Gasteiger partial charge in [0, 0.05) is 11.5 Å². The highest BCUT2D eigenvalue weighted by molar-refractivity contribution is 5.70. The molecule has 23 heavy (non-hydrogen) atoms. The van der Waals surface area contributed by atoms with E-state index in [1.54, 1.807) is 0 Å². The van der Waals surface area contributed by atoms with Gasteiger partial charge < -0.3 is 9.63 Å². The highest BCUT2D eigenvalue weighted by Crippen LogP contribution is 2.32. The van der Waals surface area contributed by atoms with E-state index in [2.05, 4.69) is 64.1 Å². The molecule has 0 saturated carbocycles. The SMILES string of the molecule is Cc1cc(/C=C/c2ccc(C(C)(C)CO)cc2C(C)(C)C)on1. The van der Waals surface area contributed by atoms with Crippen LogP contribution in [0, 0.1) is 6.92 Å². The summed E-state index contributed by atoms with van der Waals surface area (Å²) >= 11 is 0. The second-order valence-corrected chi connectivity index (χ2v) is 7.80. The van der Waals surface area contributed by atoms with Crippen molar-refractivity contribution in [1.29, 1.82) is 0 Å². The second kappa shape index (κ2) is 6.32. The average molecular weight is 313 g/mol. The number of benzene rings is 1. The largest absolute Gasteiger partial charge is 0.395 e. The Morgan fingerprint density at radius 1 is 1.09 bits per heavy atom. The Morgan fingerprint density at radius 2 is 1.78 bits per heavy atom. The van der Waals surface area contributed by atoms with Crippen molar-refractivity contribution in [3.8, 4) is 0 Å². The highest BCUT2D eigenvalue weighted by Gasteiger charge is 2.23. The molecule has 0 saturated heterocycles. The average Bonchev–Trinajstić information content (AvgIpc) is 2.89. The quantitative estimate of drug-likeness (QED) is 0.888. The lowest BCUT2D eigenvalue weighted by Gasteiger charge is -2.28. The van der Waals surface area contributed by atoms with E-state index in [0.29, 0.717) is 0 Å². The number of aliphatic hydroxyl groups excluding tert-OH is 1. The zero-order valence-corrected chi connectivity index (χ0v) is 15.0. The van der Waals surface area contributed by atoms with Crippen molar-refractivity contribution in [2.24, 2.45) is 0 Å². The summed E-state index contributed by atoms with van der Waals surface area (Å²) < 4.78 is 5.24. The summed E-state index contributed by atoms with van der Waals surface area (Å²) in [7, 11) is 0. The van der Waals surface area contributed by atoms with Crippen molar-refractivity contribution in [3.05, 3.63) is 52.4 Å². The summed E-state index contributed by atoms with van der Waals surface area (Å²) in [5.74, 6) is 0.752. The predicted molar refractivity (Wildman–Crippen MR) is 95.4 cm³/mol. The van der Waals surface area contributed by atoms with Gasteiger partial charge in [-0.05, 0) is 35.1 Å². The van der Waals surface area contributed by atoms with Crippen LogP contribution in [0.3, 0.4) is 0 Å². The molecule has 0 aliphatic heterocycles. The molecule has 0 spiro atoms. The first-order valence-corrected chi connectivity index (χ1v) is 8.01.